The molecule has 1 spiro atoms. The molecule has 1 saturated heterocycles. The maximum atomic E-state index is 14.9. The minimum atomic E-state index is -4.86. The molecule has 5 amide bonds. The number of nitriles is 1. The summed E-state index contributed by atoms with van der Waals surface area (Å²) in [7, 11) is 0. The third-order valence-electron chi connectivity index (χ3n) is 6.84. The van der Waals surface area contributed by atoms with Gasteiger partial charge in [-0.05, 0) is 48.7 Å². The Kier molecular flexibility index (Phi) is 7.87. The van der Waals surface area contributed by atoms with Crippen molar-refractivity contribution in [2.45, 2.75) is 44.1 Å². The first-order valence-electron chi connectivity index (χ1n) is 12.2. The first kappa shape index (κ1) is 29.2. The molecule has 41 heavy (non-hydrogen) atoms. The number of rotatable bonds is 7. The molecule has 1 fully saturated rings. The lowest BCUT2D eigenvalue weighted by Crippen LogP contribution is -2.51. The zero-order chi connectivity index (χ0) is 30.1. The highest BCUT2D eigenvalue weighted by Crippen LogP contribution is 2.46. The maximum absolute atomic E-state index is 14.9. The average molecular weight is 579 g/mol. The van der Waals surface area contributed by atoms with Gasteiger partial charge in [-0.25, -0.2) is 23.3 Å². The molecular weight excluding hydrogens is 557 g/mol. The Morgan fingerprint density at radius 1 is 1.20 bits per heavy atom. The van der Waals surface area contributed by atoms with E-state index in [1.807, 2.05) is 0 Å². The first-order chi connectivity index (χ1) is 19.3. The van der Waals surface area contributed by atoms with Crippen LogP contribution in [0.25, 0.3) is 0 Å². The molecule has 0 saturated carbocycles. The zero-order valence-corrected chi connectivity index (χ0v) is 21.3. The molecule has 216 valence electrons. The van der Waals surface area contributed by atoms with Crippen LogP contribution in [0.4, 0.5) is 37.2 Å². The highest BCUT2D eigenvalue weighted by atomic mass is 19.4. The maximum Gasteiger partial charge on any atom is 0.418 e. The summed E-state index contributed by atoms with van der Waals surface area (Å²) in [6.45, 7) is -1.27. The number of alkyl halides is 3. The number of amides is 5. The van der Waals surface area contributed by atoms with E-state index in [4.69, 9.17) is 10.00 Å². The number of aryl methyl sites for hydroxylation is 1. The fourth-order valence-electron chi connectivity index (χ4n) is 4.67. The summed E-state index contributed by atoms with van der Waals surface area (Å²) in [6, 6.07) is 5.05. The Hall–Kier alpha value is -4.74. The van der Waals surface area contributed by atoms with Gasteiger partial charge in [0.2, 0.25) is 11.5 Å². The van der Waals surface area contributed by atoms with Crippen molar-refractivity contribution in [1.29, 1.82) is 5.26 Å². The van der Waals surface area contributed by atoms with E-state index in [9.17, 15) is 41.1 Å². The van der Waals surface area contributed by atoms with Crippen molar-refractivity contribution in [2.75, 3.05) is 18.4 Å². The fourth-order valence-corrected chi connectivity index (χ4v) is 4.67. The normalized spacial score (nSPS) is 18.5. The van der Waals surface area contributed by atoms with Crippen LogP contribution in [0.3, 0.4) is 0 Å². The lowest BCUT2D eigenvalue weighted by atomic mass is 9.94. The van der Waals surface area contributed by atoms with Crippen molar-refractivity contribution < 1.29 is 45.9 Å². The van der Waals surface area contributed by atoms with Crippen LogP contribution in [0.5, 0.6) is 0 Å². The Bertz CT molecular complexity index is 1440. The van der Waals surface area contributed by atoms with Crippen LogP contribution in [0, 0.1) is 23.0 Å². The van der Waals surface area contributed by atoms with Crippen LogP contribution in [-0.2, 0) is 32.9 Å². The molecule has 15 heteroatoms. The van der Waals surface area contributed by atoms with E-state index >= 15 is 0 Å². The summed E-state index contributed by atoms with van der Waals surface area (Å²) >= 11 is 0. The van der Waals surface area contributed by atoms with E-state index in [0.717, 1.165) is 25.1 Å². The molecule has 0 radical (unpaired) electrons. The van der Waals surface area contributed by atoms with Crippen molar-refractivity contribution in [3.8, 4) is 6.07 Å². The van der Waals surface area contributed by atoms with E-state index < -0.39 is 66.5 Å². The van der Waals surface area contributed by atoms with Gasteiger partial charge in [0.25, 0.3) is 5.91 Å². The number of ether oxygens (including phenoxy) is 1. The van der Waals surface area contributed by atoms with Crippen molar-refractivity contribution in [2.24, 2.45) is 0 Å². The SMILES string of the molecule is C[C@H](N(Cc1ccc(F)cc1)C(=O)CN1C(=O)OC2(CCc3cc(NC(=O)NCC#N)c(F)cc32)C1=O)C(F)(F)F. The molecule has 0 bridgehead atoms. The smallest absolute Gasteiger partial charge is 0.418 e. The topological polar surface area (TPSA) is 132 Å². The van der Waals surface area contributed by atoms with Crippen LogP contribution < -0.4 is 10.6 Å². The van der Waals surface area contributed by atoms with Gasteiger partial charge < -0.3 is 20.3 Å². The van der Waals surface area contributed by atoms with Crippen LogP contribution in [0.1, 0.15) is 30.0 Å². The monoisotopic (exact) mass is 579 g/mol. The van der Waals surface area contributed by atoms with Gasteiger partial charge in [0, 0.05) is 18.5 Å². The third-order valence-corrected chi connectivity index (χ3v) is 6.84. The number of nitrogens with zero attached hydrogens (tertiary/aromatic N) is 3. The third kappa shape index (κ3) is 5.76. The van der Waals surface area contributed by atoms with Gasteiger partial charge in [0.1, 0.15) is 30.8 Å². The largest absolute Gasteiger partial charge is 0.427 e. The van der Waals surface area contributed by atoms with Gasteiger partial charge in [-0.1, -0.05) is 12.1 Å². The second kappa shape index (κ2) is 11.0. The Morgan fingerprint density at radius 2 is 1.88 bits per heavy atom. The Balaban J connectivity index is 1.56. The highest BCUT2D eigenvalue weighted by molar-refractivity contribution is 6.06. The summed E-state index contributed by atoms with van der Waals surface area (Å²) in [5.41, 5.74) is -1.78. The summed E-state index contributed by atoms with van der Waals surface area (Å²) in [5, 5.41) is 12.9. The molecule has 2 aliphatic rings. The molecule has 10 nitrogen and oxygen atoms in total. The van der Waals surface area contributed by atoms with Crippen LogP contribution in [0.2, 0.25) is 0 Å². The number of hydrogen-bond acceptors (Lipinski definition) is 6. The van der Waals surface area contributed by atoms with Crippen LogP contribution >= 0.6 is 0 Å². The molecule has 0 aromatic heterocycles. The number of imide groups is 1. The highest BCUT2D eigenvalue weighted by Gasteiger charge is 2.59. The molecule has 1 unspecified atom stereocenters. The number of carbonyl (C=O) groups is 4. The second-order valence-corrected chi connectivity index (χ2v) is 9.41. The van der Waals surface area contributed by atoms with Gasteiger partial charge in [-0.15, -0.1) is 0 Å². The Morgan fingerprint density at radius 3 is 2.51 bits per heavy atom. The van der Waals surface area contributed by atoms with Gasteiger partial charge in [-0.3, -0.25) is 9.59 Å². The minimum absolute atomic E-state index is 0.0295. The van der Waals surface area contributed by atoms with Crippen molar-refractivity contribution in [3.63, 3.8) is 0 Å². The fraction of sp³-hybridized carbons (Fsp3) is 0.346. The lowest BCUT2D eigenvalue weighted by Gasteiger charge is -2.31. The quantitative estimate of drug-likeness (QED) is 0.380. The number of benzene rings is 2. The van der Waals surface area contributed by atoms with E-state index in [1.165, 1.54) is 18.2 Å². The van der Waals surface area contributed by atoms with Crippen molar-refractivity contribution in [3.05, 3.63) is 64.7 Å². The van der Waals surface area contributed by atoms with Crippen molar-refractivity contribution in [1.82, 2.24) is 15.1 Å². The van der Waals surface area contributed by atoms with Crippen LogP contribution in [-0.4, -0.2) is 59.0 Å². The number of fused-ring (bicyclic) bond motifs is 2. The van der Waals surface area contributed by atoms with Gasteiger partial charge in [0.15, 0.2) is 0 Å². The van der Waals surface area contributed by atoms with Gasteiger partial charge >= 0.3 is 18.3 Å². The predicted molar refractivity (Wildman–Crippen MR) is 130 cm³/mol. The number of nitrogens with one attached hydrogen (secondary N) is 2. The molecule has 1 heterocycles. The van der Waals surface area contributed by atoms with E-state index in [-0.39, 0.29) is 36.2 Å². The molecule has 1 aliphatic carbocycles. The molecule has 1 aliphatic heterocycles. The number of anilines is 1. The van der Waals surface area contributed by atoms with Gasteiger partial charge in [0.05, 0.1) is 11.8 Å². The Labute approximate surface area is 229 Å². The molecule has 2 N–H and O–H groups in total. The summed E-state index contributed by atoms with van der Waals surface area (Å²) in [4.78, 5) is 51.9. The number of hydrogen-bond donors (Lipinski definition) is 2. The number of urea groups is 1. The van der Waals surface area contributed by atoms with Gasteiger partial charge in [-0.2, -0.15) is 18.4 Å². The van der Waals surface area contributed by atoms with Crippen LogP contribution in [0.15, 0.2) is 36.4 Å². The predicted octanol–water partition coefficient (Wildman–Crippen LogP) is 3.71. The summed E-state index contributed by atoms with van der Waals surface area (Å²) in [6.07, 6.45) is -6.19. The summed E-state index contributed by atoms with van der Waals surface area (Å²) < 4.78 is 74.3. The molecular formula is C26H22F5N5O5. The molecule has 2 atom stereocenters. The minimum Gasteiger partial charge on any atom is -0.427 e. The van der Waals surface area contributed by atoms with E-state index in [2.05, 4.69) is 10.6 Å². The van der Waals surface area contributed by atoms with E-state index in [0.29, 0.717) is 15.4 Å². The molecule has 2 aromatic carbocycles. The number of carbonyl (C=O) groups excluding carboxylic acids is 4. The van der Waals surface area contributed by atoms with E-state index in [1.54, 1.807) is 6.07 Å². The standard InChI is InChI=1S/C26H22F5N5O5/c1-14(26(29,30)31)35(12-15-2-4-17(27)5-3-15)21(37)13-36-22(38)25(41-24(36)40)7-6-16-10-20(19(28)11-18(16)25)34-23(39)33-9-8-32/h2-5,10-11,14H,6-7,9,12-13H2,1H3,(H2,33,34,39)/t14-,25?/m0/s1. The summed E-state index contributed by atoms with van der Waals surface area (Å²) in [5.74, 6) is -3.90. The van der Waals surface area contributed by atoms with Crippen molar-refractivity contribution >= 4 is 29.6 Å². The lowest BCUT2D eigenvalue weighted by molar-refractivity contribution is -0.187. The zero-order valence-electron chi connectivity index (χ0n) is 21.3. The molecule has 4 rings (SSSR count). The molecule has 2 aromatic rings. The average Bonchev–Trinajstić information content (AvgIpc) is 3.37. The second-order valence-electron chi connectivity index (χ2n) is 9.41. The first-order valence-corrected chi connectivity index (χ1v) is 12.2. The number of halogens is 5.